The van der Waals surface area contributed by atoms with Gasteiger partial charge in [0.05, 0.1) is 0 Å². The number of phenols is 1. The van der Waals surface area contributed by atoms with Crippen LogP contribution in [-0.2, 0) is 19.6 Å². The summed E-state index contributed by atoms with van der Waals surface area (Å²) in [5, 5.41) is 12.9. The molecule has 0 amide bonds. The molecule has 0 aliphatic carbocycles. The lowest BCUT2D eigenvalue weighted by atomic mass is 10.1. The van der Waals surface area contributed by atoms with Gasteiger partial charge in [-0.25, -0.2) is 0 Å². The number of hydrogen-bond acceptors (Lipinski definition) is 3. The number of rotatable bonds is 6. The second-order valence-electron chi connectivity index (χ2n) is 6.07. The van der Waals surface area contributed by atoms with Gasteiger partial charge in [0.2, 0.25) is 0 Å². The number of aromatic hydroxyl groups is 1. The first kappa shape index (κ1) is 15.1. The third kappa shape index (κ3) is 4.33. The summed E-state index contributed by atoms with van der Waals surface area (Å²) in [6, 6.07) is 16.3. The summed E-state index contributed by atoms with van der Waals surface area (Å²) in [5.41, 5.74) is 3.80. The monoisotopic (exact) mass is 296 g/mol. The molecule has 1 fully saturated rings. The van der Waals surface area contributed by atoms with E-state index in [-0.39, 0.29) is 0 Å². The van der Waals surface area contributed by atoms with Crippen molar-refractivity contribution in [3.05, 3.63) is 65.2 Å². The van der Waals surface area contributed by atoms with E-state index in [9.17, 15) is 5.11 Å². The first-order valence-electron chi connectivity index (χ1n) is 8.08. The predicted octanol–water partition coefficient (Wildman–Crippen LogP) is 3.28. The Labute approximate surface area is 132 Å². The van der Waals surface area contributed by atoms with Crippen molar-refractivity contribution in [3.63, 3.8) is 0 Å². The molecule has 0 unspecified atom stereocenters. The molecule has 3 rings (SSSR count). The van der Waals surface area contributed by atoms with Crippen molar-refractivity contribution in [2.24, 2.45) is 0 Å². The van der Waals surface area contributed by atoms with Crippen LogP contribution in [-0.4, -0.2) is 23.1 Å². The summed E-state index contributed by atoms with van der Waals surface area (Å²) < 4.78 is 0. The van der Waals surface area contributed by atoms with E-state index >= 15 is 0 Å². The number of nitrogens with one attached hydrogen (secondary N) is 1. The third-order valence-electron chi connectivity index (χ3n) is 4.20. The van der Waals surface area contributed by atoms with Gasteiger partial charge in [-0.2, -0.15) is 0 Å². The molecule has 1 heterocycles. The highest BCUT2D eigenvalue weighted by molar-refractivity contribution is 5.27. The van der Waals surface area contributed by atoms with Gasteiger partial charge in [-0.3, -0.25) is 4.90 Å². The number of nitrogens with zero attached hydrogens (tertiary/aromatic N) is 1. The summed E-state index contributed by atoms with van der Waals surface area (Å²) >= 11 is 0. The van der Waals surface area contributed by atoms with Gasteiger partial charge in [-0.15, -0.1) is 0 Å². The molecule has 0 aromatic heterocycles. The number of hydrogen-bond donors (Lipinski definition) is 2. The molecular formula is C19H24N2O. The van der Waals surface area contributed by atoms with Crippen LogP contribution in [0.15, 0.2) is 48.5 Å². The van der Waals surface area contributed by atoms with Crippen molar-refractivity contribution >= 4 is 0 Å². The second-order valence-corrected chi connectivity index (χ2v) is 6.07. The zero-order valence-corrected chi connectivity index (χ0v) is 13.0. The van der Waals surface area contributed by atoms with Crippen LogP contribution in [0.25, 0.3) is 0 Å². The molecular weight excluding hydrogens is 272 g/mol. The highest BCUT2D eigenvalue weighted by Crippen LogP contribution is 2.14. The van der Waals surface area contributed by atoms with Crippen LogP contribution in [0, 0.1) is 0 Å². The van der Waals surface area contributed by atoms with E-state index in [2.05, 4.69) is 34.5 Å². The maximum absolute atomic E-state index is 9.45. The Bertz CT molecular complexity index is 589. The van der Waals surface area contributed by atoms with E-state index in [1.165, 1.54) is 37.1 Å². The van der Waals surface area contributed by atoms with Gasteiger partial charge in [-0.05, 0) is 54.8 Å². The summed E-state index contributed by atoms with van der Waals surface area (Å²) in [7, 11) is 0. The normalized spacial score (nSPS) is 15.3. The van der Waals surface area contributed by atoms with E-state index in [0.29, 0.717) is 5.75 Å². The number of phenolic OH excluding ortho intramolecular Hbond substituents is 1. The Morgan fingerprint density at radius 3 is 2.27 bits per heavy atom. The standard InChI is InChI=1S/C19H24N2O/c22-19-5-3-4-18(12-19)14-20-13-16-6-8-17(9-7-16)15-21-10-1-2-11-21/h3-9,12,20,22H,1-2,10-11,13-15H2. The van der Waals surface area contributed by atoms with Gasteiger partial charge < -0.3 is 10.4 Å². The summed E-state index contributed by atoms with van der Waals surface area (Å²) in [6.45, 7) is 5.18. The molecule has 1 aliphatic heterocycles. The summed E-state index contributed by atoms with van der Waals surface area (Å²) in [6.07, 6.45) is 2.69. The van der Waals surface area contributed by atoms with Gasteiger partial charge in [0.1, 0.15) is 5.75 Å². The molecule has 2 N–H and O–H groups in total. The minimum Gasteiger partial charge on any atom is -0.508 e. The average Bonchev–Trinajstić information content (AvgIpc) is 3.02. The van der Waals surface area contributed by atoms with Crippen LogP contribution >= 0.6 is 0 Å². The molecule has 2 aromatic rings. The Kier molecular flexibility index (Phi) is 5.09. The lowest BCUT2D eigenvalue weighted by Crippen LogP contribution is -2.18. The quantitative estimate of drug-likeness (QED) is 0.859. The van der Waals surface area contributed by atoms with Crippen molar-refractivity contribution in [1.29, 1.82) is 0 Å². The fraction of sp³-hybridized carbons (Fsp3) is 0.368. The highest BCUT2D eigenvalue weighted by atomic mass is 16.3. The van der Waals surface area contributed by atoms with E-state index in [1.54, 1.807) is 12.1 Å². The SMILES string of the molecule is Oc1cccc(CNCc2ccc(CN3CCCC3)cc2)c1. The van der Waals surface area contributed by atoms with Crippen LogP contribution in [0.1, 0.15) is 29.5 Å². The summed E-state index contributed by atoms with van der Waals surface area (Å²) in [5.74, 6) is 0.325. The topological polar surface area (TPSA) is 35.5 Å². The van der Waals surface area contributed by atoms with Crippen LogP contribution in [0.4, 0.5) is 0 Å². The third-order valence-corrected chi connectivity index (χ3v) is 4.20. The van der Waals surface area contributed by atoms with Gasteiger partial charge in [0.25, 0.3) is 0 Å². The second kappa shape index (κ2) is 7.43. The molecule has 1 saturated heterocycles. The molecule has 0 spiro atoms. The minimum absolute atomic E-state index is 0.325. The Hall–Kier alpha value is -1.84. The average molecular weight is 296 g/mol. The predicted molar refractivity (Wildman–Crippen MR) is 89.6 cm³/mol. The molecule has 116 valence electrons. The molecule has 3 heteroatoms. The molecule has 22 heavy (non-hydrogen) atoms. The van der Waals surface area contributed by atoms with Gasteiger partial charge in [0.15, 0.2) is 0 Å². The summed E-state index contributed by atoms with van der Waals surface area (Å²) in [4.78, 5) is 2.52. The number of likely N-dealkylation sites (tertiary alicyclic amines) is 1. The smallest absolute Gasteiger partial charge is 0.115 e. The number of benzene rings is 2. The lowest BCUT2D eigenvalue weighted by molar-refractivity contribution is 0.331. The van der Waals surface area contributed by atoms with Crippen molar-refractivity contribution in [1.82, 2.24) is 10.2 Å². The van der Waals surface area contributed by atoms with E-state index < -0.39 is 0 Å². The molecule has 0 saturated carbocycles. The molecule has 1 aliphatic rings. The van der Waals surface area contributed by atoms with Gasteiger partial charge >= 0.3 is 0 Å². The van der Waals surface area contributed by atoms with Gasteiger partial charge in [0, 0.05) is 19.6 Å². The first-order valence-corrected chi connectivity index (χ1v) is 8.08. The molecule has 0 bridgehead atoms. The van der Waals surface area contributed by atoms with Crippen LogP contribution in [0.3, 0.4) is 0 Å². The van der Waals surface area contributed by atoms with E-state index in [1.807, 2.05) is 12.1 Å². The first-order chi connectivity index (χ1) is 10.8. The van der Waals surface area contributed by atoms with Crippen molar-refractivity contribution in [2.75, 3.05) is 13.1 Å². The molecule has 0 radical (unpaired) electrons. The Morgan fingerprint density at radius 1 is 0.864 bits per heavy atom. The fourth-order valence-electron chi connectivity index (χ4n) is 2.98. The maximum Gasteiger partial charge on any atom is 0.115 e. The largest absolute Gasteiger partial charge is 0.508 e. The van der Waals surface area contributed by atoms with E-state index in [0.717, 1.165) is 25.2 Å². The minimum atomic E-state index is 0.325. The van der Waals surface area contributed by atoms with Gasteiger partial charge in [-0.1, -0.05) is 36.4 Å². The molecule has 0 atom stereocenters. The maximum atomic E-state index is 9.45. The Balaban J connectivity index is 1.46. The van der Waals surface area contributed by atoms with Crippen molar-refractivity contribution < 1.29 is 5.11 Å². The van der Waals surface area contributed by atoms with Crippen LogP contribution in [0.5, 0.6) is 5.75 Å². The molecule has 2 aromatic carbocycles. The molecule has 3 nitrogen and oxygen atoms in total. The lowest BCUT2D eigenvalue weighted by Gasteiger charge is -2.14. The van der Waals surface area contributed by atoms with Crippen LogP contribution < -0.4 is 5.32 Å². The van der Waals surface area contributed by atoms with Crippen molar-refractivity contribution in [2.45, 2.75) is 32.5 Å². The van der Waals surface area contributed by atoms with Crippen molar-refractivity contribution in [3.8, 4) is 5.75 Å². The Morgan fingerprint density at radius 2 is 1.55 bits per heavy atom. The fourth-order valence-corrected chi connectivity index (χ4v) is 2.98. The van der Waals surface area contributed by atoms with E-state index in [4.69, 9.17) is 0 Å². The van der Waals surface area contributed by atoms with Crippen LogP contribution in [0.2, 0.25) is 0 Å². The zero-order valence-electron chi connectivity index (χ0n) is 13.0. The highest BCUT2D eigenvalue weighted by Gasteiger charge is 2.11. The zero-order chi connectivity index (χ0) is 15.2.